The number of carboxylic acids is 1. The number of nitrogens with one attached hydrogen (secondary N) is 2. The first kappa shape index (κ1) is 22.4. The summed E-state index contributed by atoms with van der Waals surface area (Å²) in [6, 6.07) is 16.1. The van der Waals surface area contributed by atoms with Gasteiger partial charge in [-0.2, -0.15) is 0 Å². The Bertz CT molecular complexity index is 1150. The van der Waals surface area contributed by atoms with E-state index in [0.29, 0.717) is 0 Å². The number of aliphatic hydroxyl groups excluding tert-OH is 1. The number of anilines is 1. The molecule has 1 aliphatic carbocycles. The Morgan fingerprint density at radius 2 is 1.70 bits per heavy atom. The maximum atomic E-state index is 12.3. The molecule has 170 valence electrons. The monoisotopic (exact) mass is 467 g/mol. The van der Waals surface area contributed by atoms with Crippen molar-refractivity contribution in [1.29, 1.82) is 0 Å². The molecule has 0 fully saturated rings. The molecule has 1 heterocycles. The molecule has 2 amide bonds. The third kappa shape index (κ3) is 5.02. The molecule has 1 aromatic heterocycles. The third-order valence-electron chi connectivity index (χ3n) is 5.28. The summed E-state index contributed by atoms with van der Waals surface area (Å²) in [5.74, 6) is -1.96. The van der Waals surface area contributed by atoms with Crippen LogP contribution in [0.15, 0.2) is 53.9 Å². The number of nitrogens with zero attached hydrogens (tertiary/aromatic N) is 1. The summed E-state index contributed by atoms with van der Waals surface area (Å²) in [6.07, 6.45) is -2.36. The van der Waals surface area contributed by atoms with E-state index in [9.17, 15) is 19.5 Å². The molecule has 4 rings (SSSR count). The van der Waals surface area contributed by atoms with E-state index in [-0.39, 0.29) is 36.3 Å². The zero-order valence-corrected chi connectivity index (χ0v) is 18.2. The standard InChI is InChI=1S/C23H21N3O6S/c27-19(21(29)30)9-10-24-20(28)18-12-33-22(25-18)26-23(31)32-11-17-15-7-3-1-5-13(15)14-6-2-4-8-16(14)17/h1-8,12,17,19,27H,9-11H2,(H,24,28)(H,29,30)(H,25,26,31). The number of carbonyl (C=O) groups is 3. The van der Waals surface area contributed by atoms with Crippen molar-refractivity contribution in [2.24, 2.45) is 0 Å². The zero-order chi connectivity index (χ0) is 23.4. The van der Waals surface area contributed by atoms with Gasteiger partial charge in [-0.3, -0.25) is 10.1 Å². The Labute approximate surface area is 193 Å². The van der Waals surface area contributed by atoms with E-state index in [4.69, 9.17) is 9.84 Å². The molecule has 2 aromatic carbocycles. The molecule has 33 heavy (non-hydrogen) atoms. The van der Waals surface area contributed by atoms with Gasteiger partial charge in [0.15, 0.2) is 11.2 Å². The summed E-state index contributed by atoms with van der Waals surface area (Å²) in [5.41, 5.74) is 4.54. The summed E-state index contributed by atoms with van der Waals surface area (Å²) in [6.45, 7) is 0.128. The van der Waals surface area contributed by atoms with Crippen molar-refractivity contribution < 1.29 is 29.3 Å². The fourth-order valence-electron chi connectivity index (χ4n) is 3.69. The van der Waals surface area contributed by atoms with Gasteiger partial charge in [0.05, 0.1) is 0 Å². The van der Waals surface area contributed by atoms with E-state index in [1.807, 2.05) is 36.4 Å². The smallest absolute Gasteiger partial charge is 0.413 e. The topological polar surface area (TPSA) is 138 Å². The van der Waals surface area contributed by atoms with Crippen LogP contribution < -0.4 is 10.6 Å². The molecule has 0 aliphatic heterocycles. The molecule has 4 N–H and O–H groups in total. The molecule has 0 saturated carbocycles. The second-order valence-electron chi connectivity index (χ2n) is 7.39. The van der Waals surface area contributed by atoms with Gasteiger partial charge < -0.3 is 20.3 Å². The lowest BCUT2D eigenvalue weighted by atomic mass is 9.98. The van der Waals surface area contributed by atoms with Crippen molar-refractivity contribution in [1.82, 2.24) is 10.3 Å². The Kier molecular flexibility index (Phi) is 6.66. The minimum atomic E-state index is -1.55. The molecule has 0 saturated heterocycles. The lowest BCUT2D eigenvalue weighted by Crippen LogP contribution is -2.30. The zero-order valence-electron chi connectivity index (χ0n) is 17.4. The number of aliphatic carboxylic acids is 1. The maximum Gasteiger partial charge on any atom is 0.413 e. The predicted octanol–water partition coefficient (Wildman–Crippen LogP) is 3.07. The maximum absolute atomic E-state index is 12.3. The fourth-order valence-corrected chi connectivity index (χ4v) is 4.37. The summed E-state index contributed by atoms with van der Waals surface area (Å²) in [5, 5.41) is 24.5. The average Bonchev–Trinajstić information content (AvgIpc) is 3.40. The lowest BCUT2D eigenvalue weighted by molar-refractivity contribution is -0.146. The average molecular weight is 468 g/mol. The first-order valence-electron chi connectivity index (χ1n) is 10.2. The van der Waals surface area contributed by atoms with Crippen LogP contribution in [0.5, 0.6) is 0 Å². The number of fused-ring (bicyclic) bond motifs is 3. The van der Waals surface area contributed by atoms with E-state index in [1.54, 1.807) is 0 Å². The van der Waals surface area contributed by atoms with Crippen LogP contribution >= 0.6 is 11.3 Å². The van der Waals surface area contributed by atoms with Crippen molar-refractivity contribution >= 4 is 34.4 Å². The number of hydrogen-bond donors (Lipinski definition) is 4. The van der Waals surface area contributed by atoms with Gasteiger partial charge in [0.1, 0.15) is 12.3 Å². The van der Waals surface area contributed by atoms with Gasteiger partial charge in [0.25, 0.3) is 5.91 Å². The normalized spacial score (nSPS) is 13.0. The molecule has 1 atom stereocenters. The van der Waals surface area contributed by atoms with Gasteiger partial charge in [-0.25, -0.2) is 14.6 Å². The molecule has 0 bridgehead atoms. The number of aromatic nitrogens is 1. The van der Waals surface area contributed by atoms with Gasteiger partial charge in [-0.1, -0.05) is 48.5 Å². The molecular weight excluding hydrogens is 446 g/mol. The van der Waals surface area contributed by atoms with Gasteiger partial charge in [0, 0.05) is 24.3 Å². The highest BCUT2D eigenvalue weighted by Gasteiger charge is 2.29. The predicted molar refractivity (Wildman–Crippen MR) is 121 cm³/mol. The van der Waals surface area contributed by atoms with Crippen LogP contribution in [0.2, 0.25) is 0 Å². The van der Waals surface area contributed by atoms with Crippen LogP contribution in [0.4, 0.5) is 9.93 Å². The van der Waals surface area contributed by atoms with Crippen LogP contribution in [0.1, 0.15) is 34.0 Å². The minimum absolute atomic E-state index is 0.0288. The first-order chi connectivity index (χ1) is 15.9. The third-order valence-corrected chi connectivity index (χ3v) is 6.04. The number of carboxylic acid groups (broad SMARTS) is 1. The van der Waals surface area contributed by atoms with Gasteiger partial charge in [0.2, 0.25) is 0 Å². The highest BCUT2D eigenvalue weighted by Crippen LogP contribution is 2.44. The van der Waals surface area contributed by atoms with Gasteiger partial charge >= 0.3 is 12.1 Å². The van der Waals surface area contributed by atoms with Crippen molar-refractivity contribution in [2.45, 2.75) is 18.4 Å². The Balaban J connectivity index is 1.31. The minimum Gasteiger partial charge on any atom is -0.479 e. The highest BCUT2D eigenvalue weighted by molar-refractivity contribution is 7.14. The molecule has 10 heteroatoms. The largest absolute Gasteiger partial charge is 0.479 e. The molecule has 9 nitrogen and oxygen atoms in total. The quantitative estimate of drug-likeness (QED) is 0.399. The summed E-state index contributed by atoms with van der Waals surface area (Å²) < 4.78 is 5.46. The molecule has 3 aromatic rings. The number of hydrogen-bond acceptors (Lipinski definition) is 7. The number of aliphatic hydroxyl groups is 1. The number of ether oxygens (including phenoxy) is 1. The molecule has 1 aliphatic rings. The van der Waals surface area contributed by atoms with E-state index in [0.717, 1.165) is 33.6 Å². The van der Waals surface area contributed by atoms with Crippen molar-refractivity contribution in [3.63, 3.8) is 0 Å². The molecule has 1 unspecified atom stereocenters. The number of amides is 2. The van der Waals surface area contributed by atoms with E-state index < -0.39 is 24.1 Å². The van der Waals surface area contributed by atoms with E-state index >= 15 is 0 Å². The first-order valence-corrected chi connectivity index (χ1v) is 11.1. The van der Waals surface area contributed by atoms with Crippen LogP contribution in [0.25, 0.3) is 11.1 Å². The second-order valence-corrected chi connectivity index (χ2v) is 8.25. The lowest BCUT2D eigenvalue weighted by Gasteiger charge is -2.14. The Hall–Kier alpha value is -3.76. The van der Waals surface area contributed by atoms with Crippen LogP contribution in [0.3, 0.4) is 0 Å². The van der Waals surface area contributed by atoms with Crippen molar-refractivity contribution in [2.75, 3.05) is 18.5 Å². The van der Waals surface area contributed by atoms with Crippen LogP contribution in [-0.4, -0.2) is 52.4 Å². The second kappa shape index (κ2) is 9.80. The van der Waals surface area contributed by atoms with E-state index in [2.05, 4.69) is 27.8 Å². The molecular formula is C23H21N3O6S. The summed E-state index contributed by atoms with van der Waals surface area (Å²) in [7, 11) is 0. The van der Waals surface area contributed by atoms with Crippen molar-refractivity contribution in [3.8, 4) is 11.1 Å². The number of thiazole rings is 1. The van der Waals surface area contributed by atoms with Gasteiger partial charge in [-0.05, 0) is 22.3 Å². The SMILES string of the molecule is O=C(Nc1nc(C(=O)NCCC(O)C(=O)O)cs1)OCC1c2ccccc2-c2ccccc21. The number of benzene rings is 2. The number of carbonyl (C=O) groups excluding carboxylic acids is 2. The fraction of sp³-hybridized carbons (Fsp3) is 0.217. The Morgan fingerprint density at radius 3 is 2.33 bits per heavy atom. The number of rotatable bonds is 8. The van der Waals surface area contributed by atoms with E-state index in [1.165, 1.54) is 5.38 Å². The van der Waals surface area contributed by atoms with Crippen LogP contribution in [0, 0.1) is 0 Å². The molecule has 0 spiro atoms. The summed E-state index contributed by atoms with van der Waals surface area (Å²) >= 11 is 1.06. The Morgan fingerprint density at radius 1 is 1.06 bits per heavy atom. The molecule has 0 radical (unpaired) electrons. The summed E-state index contributed by atoms with van der Waals surface area (Å²) in [4.78, 5) is 39.1. The van der Waals surface area contributed by atoms with Crippen molar-refractivity contribution in [3.05, 3.63) is 70.7 Å². The van der Waals surface area contributed by atoms with Gasteiger partial charge in [-0.15, -0.1) is 11.3 Å². The van der Waals surface area contributed by atoms with Crippen LogP contribution in [-0.2, 0) is 9.53 Å². The highest BCUT2D eigenvalue weighted by atomic mass is 32.1.